The molecule has 0 aliphatic heterocycles. The van der Waals surface area contributed by atoms with Crippen LogP contribution in [0.15, 0.2) is 212 Å². The van der Waals surface area contributed by atoms with Gasteiger partial charge in [-0.3, -0.25) is 0 Å². The van der Waals surface area contributed by atoms with Crippen molar-refractivity contribution in [2.75, 3.05) is 0 Å². The van der Waals surface area contributed by atoms with Gasteiger partial charge >= 0.3 is 25.9 Å². The molecule has 8 nitrogen and oxygen atoms in total. The Bertz CT molecular complexity index is 2980. The maximum absolute atomic E-state index is 8.12. The second-order valence-corrected chi connectivity index (χ2v) is 72.2. The summed E-state index contributed by atoms with van der Waals surface area (Å²) in [6, 6.07) is 81.8. The highest BCUT2D eigenvalue weighted by Crippen LogP contribution is 2.35. The van der Waals surface area contributed by atoms with E-state index >= 15 is 0 Å². The van der Waals surface area contributed by atoms with Gasteiger partial charge in [-0.25, -0.2) is 0 Å². The number of benzene rings is 7. The third kappa shape index (κ3) is 19.2. The molecule has 0 spiro atoms. The molecule has 0 heterocycles. The molecular weight excluding hydrogens is 1250 g/mol. The SMILES string of the molecule is C[SiH](C)O[Si](O[SiH](C)C)(O[Si](C)(C)CC[Si](C)(C)O[Si](O[Si](C)(C)CC[Si](C)(C)O[Si](O[Si](C)(C)CC[Si](C)(C)O[Si](C)(c1ccccc1)c1ccccc1)(c1ccccc1)c1ccccc1)(c1ccccc1)c1ccccc1)c1ccccc1. The lowest BCUT2D eigenvalue weighted by Gasteiger charge is -2.46. The molecule has 0 aliphatic carbocycles. The standard InChI is InChI=1S/C65H100O8Si12/c1-74(2)66-85(67-75(3)4,65-51-37-24-38-52-65)73-81(15,16)58-57-80(13,14)72-84(63-47-33-22-34-48-63,64-49-35-23-36-50-64)71-79(11,12)56-55-78(9,10)70-83(61-43-29-20-30-44-61,62-45-31-21-32-46-62)69-77(7,8)54-53-76(5,6)68-82(17,59-39-25-18-26-40-59)60-41-27-19-28-42-60/h18-52,74-75H,53-58H2,1-17H3. The Morgan fingerprint density at radius 1 is 0.235 bits per heavy atom. The van der Waals surface area contributed by atoms with Gasteiger partial charge in [-0.05, 0) is 179 Å². The molecule has 0 bridgehead atoms. The van der Waals surface area contributed by atoms with Gasteiger partial charge in [0.2, 0.25) is 8.32 Å². The van der Waals surface area contributed by atoms with Crippen molar-refractivity contribution in [3.63, 3.8) is 0 Å². The Kier molecular flexibility index (Phi) is 23.8. The van der Waals surface area contributed by atoms with Gasteiger partial charge in [-0.1, -0.05) is 212 Å². The number of rotatable bonds is 32. The van der Waals surface area contributed by atoms with E-state index in [0.717, 1.165) is 62.2 Å². The Morgan fingerprint density at radius 3 is 0.647 bits per heavy atom. The highest BCUT2D eigenvalue weighted by Gasteiger charge is 2.55. The average molecular weight is 1350 g/mol. The van der Waals surface area contributed by atoms with Gasteiger partial charge in [0.1, 0.15) is 0 Å². The number of hydrogen-bond donors (Lipinski definition) is 0. The van der Waals surface area contributed by atoms with Gasteiger partial charge in [-0.15, -0.1) is 0 Å². The summed E-state index contributed by atoms with van der Waals surface area (Å²) in [6.45, 7) is 40.2. The summed E-state index contributed by atoms with van der Waals surface area (Å²) in [4.78, 5) is 0. The summed E-state index contributed by atoms with van der Waals surface area (Å²) in [5, 5.41) is 8.29. The van der Waals surface area contributed by atoms with Gasteiger partial charge in [0.05, 0.1) is 0 Å². The molecule has 0 atom stereocenters. The maximum Gasteiger partial charge on any atom is 0.505 e. The van der Waals surface area contributed by atoms with Crippen molar-refractivity contribution in [3.8, 4) is 0 Å². The lowest BCUT2D eigenvalue weighted by atomic mass is 10.4. The van der Waals surface area contributed by atoms with E-state index in [4.69, 9.17) is 32.9 Å². The van der Waals surface area contributed by atoms with Gasteiger partial charge in [0.25, 0.3) is 0 Å². The van der Waals surface area contributed by atoms with E-state index in [1.54, 1.807) is 0 Å². The molecule has 456 valence electrons. The molecule has 7 aromatic rings. The summed E-state index contributed by atoms with van der Waals surface area (Å²) >= 11 is 0. The van der Waals surface area contributed by atoms with E-state index in [2.05, 4.69) is 324 Å². The van der Waals surface area contributed by atoms with Crippen molar-refractivity contribution < 1.29 is 32.9 Å². The normalized spacial score (nSPS) is 13.6. The minimum Gasteiger partial charge on any atom is -0.449 e. The molecule has 0 aromatic heterocycles. The third-order valence-corrected chi connectivity index (χ3v) is 61.1. The first kappa shape index (κ1) is 69.3. The van der Waals surface area contributed by atoms with Crippen LogP contribution in [0.5, 0.6) is 0 Å². The summed E-state index contributed by atoms with van der Waals surface area (Å²) in [6.07, 6.45) is 0. The van der Waals surface area contributed by atoms with Crippen LogP contribution in [0.4, 0.5) is 0 Å². The fourth-order valence-corrected chi connectivity index (χ4v) is 68.2. The van der Waals surface area contributed by atoms with E-state index in [1.807, 2.05) is 0 Å². The third-order valence-electron chi connectivity index (χ3n) is 15.7. The van der Waals surface area contributed by atoms with Gasteiger partial charge in [0.15, 0.2) is 68.0 Å². The van der Waals surface area contributed by atoms with Gasteiger partial charge < -0.3 is 32.9 Å². The van der Waals surface area contributed by atoms with E-state index in [9.17, 15) is 0 Å². The van der Waals surface area contributed by atoms with Crippen LogP contribution in [0.2, 0.25) is 148 Å². The molecule has 0 amide bonds. The van der Waals surface area contributed by atoms with Gasteiger partial charge in [0, 0.05) is 5.19 Å². The number of hydrogen-bond acceptors (Lipinski definition) is 8. The minimum atomic E-state index is -3.39. The molecule has 0 N–H and O–H groups in total. The maximum atomic E-state index is 8.12. The van der Waals surface area contributed by atoms with Crippen LogP contribution in [0.25, 0.3) is 0 Å². The van der Waals surface area contributed by atoms with Crippen LogP contribution in [0.1, 0.15) is 0 Å². The Balaban J connectivity index is 1.17. The fraction of sp³-hybridized carbons (Fsp3) is 0.354. The summed E-state index contributed by atoms with van der Waals surface area (Å²) in [7, 11) is -30.6. The molecule has 7 aromatic carbocycles. The van der Waals surface area contributed by atoms with E-state index in [-0.39, 0.29) is 0 Å². The van der Waals surface area contributed by atoms with Crippen molar-refractivity contribution in [1.29, 1.82) is 0 Å². The van der Waals surface area contributed by atoms with Crippen molar-refractivity contribution in [3.05, 3.63) is 212 Å². The van der Waals surface area contributed by atoms with Crippen molar-refractivity contribution in [2.45, 2.75) is 148 Å². The highest BCUT2D eigenvalue weighted by atomic mass is 28.5. The molecule has 0 saturated carbocycles. The van der Waals surface area contributed by atoms with Crippen LogP contribution < -0.4 is 36.3 Å². The Hall–Kier alpha value is -3.18. The average Bonchev–Trinajstić information content (AvgIpc) is 1.40. The molecule has 85 heavy (non-hydrogen) atoms. The summed E-state index contributed by atoms with van der Waals surface area (Å²) in [5.74, 6) is 0. The van der Waals surface area contributed by atoms with E-state index in [0.29, 0.717) is 0 Å². The van der Waals surface area contributed by atoms with Crippen LogP contribution in [0.3, 0.4) is 0 Å². The smallest absolute Gasteiger partial charge is 0.449 e. The summed E-state index contributed by atoms with van der Waals surface area (Å²) in [5.41, 5.74) is 0. The molecular formula is C65H100O8Si12. The van der Waals surface area contributed by atoms with Crippen LogP contribution >= 0.6 is 0 Å². The van der Waals surface area contributed by atoms with Crippen LogP contribution in [0, 0.1) is 0 Å². The Morgan fingerprint density at radius 2 is 0.424 bits per heavy atom. The zero-order valence-corrected chi connectivity index (χ0v) is 66.7. The molecule has 0 saturated heterocycles. The first-order valence-electron chi connectivity index (χ1n) is 30.9. The van der Waals surface area contributed by atoms with E-state index in [1.165, 1.54) is 10.4 Å². The quantitative estimate of drug-likeness (QED) is 0.0386. The zero-order chi connectivity index (χ0) is 61.8. The van der Waals surface area contributed by atoms with E-state index < -0.39 is 102 Å². The predicted molar refractivity (Wildman–Crippen MR) is 392 cm³/mol. The molecule has 0 fully saturated rings. The Labute approximate surface area is 527 Å². The van der Waals surface area contributed by atoms with Crippen LogP contribution in [-0.2, 0) is 32.9 Å². The van der Waals surface area contributed by atoms with Gasteiger partial charge in [-0.2, -0.15) is 0 Å². The van der Waals surface area contributed by atoms with Crippen LogP contribution in [-0.4, -0.2) is 102 Å². The topological polar surface area (TPSA) is 73.8 Å². The molecule has 0 radical (unpaired) electrons. The molecule has 20 heteroatoms. The van der Waals surface area contributed by atoms with Crippen molar-refractivity contribution in [1.82, 2.24) is 0 Å². The second-order valence-electron chi connectivity index (χ2n) is 27.4. The molecule has 7 rings (SSSR count). The lowest BCUT2D eigenvalue weighted by Crippen LogP contribution is -2.71. The zero-order valence-electron chi connectivity index (χ0n) is 54.4. The summed E-state index contributed by atoms with van der Waals surface area (Å²) < 4.78 is 61.5. The highest BCUT2D eigenvalue weighted by molar-refractivity contribution is 7.05. The first-order valence-corrected chi connectivity index (χ1v) is 62.9. The monoisotopic (exact) mass is 1340 g/mol. The molecule has 0 aliphatic rings. The minimum absolute atomic E-state index is 0.905. The molecule has 0 unspecified atom stereocenters. The van der Waals surface area contributed by atoms with Crippen molar-refractivity contribution >= 4 is 139 Å². The van der Waals surface area contributed by atoms with Crippen molar-refractivity contribution in [2.24, 2.45) is 0 Å². The first-order chi connectivity index (χ1) is 39.9. The largest absolute Gasteiger partial charge is 0.505 e. The predicted octanol–water partition coefficient (Wildman–Crippen LogP) is 13.1. The lowest BCUT2D eigenvalue weighted by molar-refractivity contribution is 0.282. The second kappa shape index (κ2) is 29.2. The fourth-order valence-electron chi connectivity index (χ4n) is 11.4.